The second kappa shape index (κ2) is 8.09. The Hall–Kier alpha value is -2.44. The topological polar surface area (TPSA) is 37.3 Å². The second-order valence-electron chi connectivity index (χ2n) is 5.80. The van der Waals surface area contributed by atoms with E-state index < -0.39 is 11.4 Å². The zero-order valence-electron chi connectivity index (χ0n) is 14.4. The van der Waals surface area contributed by atoms with Crippen LogP contribution in [0.4, 0.5) is 0 Å². The standard InChI is InChI=1S/C22H20O2.H3P/c1-2-17-11-9-10-16-20(17)22(21(23)24,18-12-5-3-6-13-18)19-14-7-4-8-15-19;/h3-16H,2H2,1H3,(H,23,24);1H3. The third-order valence-electron chi connectivity index (χ3n) is 4.54. The van der Waals surface area contributed by atoms with Gasteiger partial charge in [-0.05, 0) is 28.7 Å². The third kappa shape index (κ3) is 3.23. The highest BCUT2D eigenvalue weighted by atomic mass is 31.0. The van der Waals surface area contributed by atoms with Gasteiger partial charge < -0.3 is 5.11 Å². The zero-order chi connectivity index (χ0) is 17.0. The molecule has 1 unspecified atom stereocenters. The van der Waals surface area contributed by atoms with E-state index in [0.29, 0.717) is 0 Å². The van der Waals surface area contributed by atoms with E-state index in [2.05, 4.69) is 6.92 Å². The van der Waals surface area contributed by atoms with Gasteiger partial charge in [-0.25, -0.2) is 0 Å². The van der Waals surface area contributed by atoms with Crippen molar-refractivity contribution < 1.29 is 9.90 Å². The van der Waals surface area contributed by atoms with Gasteiger partial charge in [0.05, 0.1) is 0 Å². The van der Waals surface area contributed by atoms with Crippen molar-refractivity contribution in [3.05, 3.63) is 107 Å². The molecule has 0 radical (unpaired) electrons. The molecule has 0 aliphatic rings. The zero-order valence-corrected chi connectivity index (χ0v) is 15.8. The van der Waals surface area contributed by atoms with Crippen LogP contribution in [0, 0.1) is 0 Å². The van der Waals surface area contributed by atoms with Crippen molar-refractivity contribution >= 4 is 15.9 Å². The molecule has 3 aromatic carbocycles. The van der Waals surface area contributed by atoms with Gasteiger partial charge in [0, 0.05) is 0 Å². The lowest BCUT2D eigenvalue weighted by atomic mass is 9.68. The smallest absolute Gasteiger partial charge is 0.323 e. The van der Waals surface area contributed by atoms with Crippen molar-refractivity contribution in [2.45, 2.75) is 18.8 Å². The molecule has 0 heterocycles. The predicted octanol–water partition coefficient (Wildman–Crippen LogP) is 4.73. The van der Waals surface area contributed by atoms with Gasteiger partial charge in [0.2, 0.25) is 0 Å². The molecule has 0 bridgehead atoms. The maximum absolute atomic E-state index is 12.7. The van der Waals surface area contributed by atoms with Crippen LogP contribution >= 0.6 is 9.90 Å². The fourth-order valence-corrected chi connectivity index (χ4v) is 3.41. The fourth-order valence-electron chi connectivity index (χ4n) is 3.41. The van der Waals surface area contributed by atoms with Gasteiger partial charge in [0.1, 0.15) is 5.41 Å². The molecule has 0 aromatic heterocycles. The Kier molecular flexibility index (Phi) is 6.12. The van der Waals surface area contributed by atoms with E-state index in [-0.39, 0.29) is 9.90 Å². The monoisotopic (exact) mass is 350 g/mol. The molecule has 3 rings (SSSR count). The maximum atomic E-state index is 12.7. The van der Waals surface area contributed by atoms with E-state index in [1.165, 1.54) is 0 Å². The predicted molar refractivity (Wildman–Crippen MR) is 107 cm³/mol. The molecule has 2 nitrogen and oxygen atoms in total. The van der Waals surface area contributed by atoms with Crippen LogP contribution in [0.2, 0.25) is 0 Å². The molecule has 25 heavy (non-hydrogen) atoms. The minimum atomic E-state index is -1.21. The Morgan fingerprint density at radius 3 is 1.68 bits per heavy atom. The third-order valence-corrected chi connectivity index (χ3v) is 4.54. The van der Waals surface area contributed by atoms with E-state index in [4.69, 9.17) is 0 Å². The summed E-state index contributed by atoms with van der Waals surface area (Å²) in [5.41, 5.74) is 2.20. The van der Waals surface area contributed by atoms with Crippen molar-refractivity contribution in [2.75, 3.05) is 0 Å². The van der Waals surface area contributed by atoms with Gasteiger partial charge >= 0.3 is 5.97 Å². The van der Waals surface area contributed by atoms with Crippen molar-refractivity contribution in [1.82, 2.24) is 0 Å². The average molecular weight is 350 g/mol. The van der Waals surface area contributed by atoms with Gasteiger partial charge in [0.25, 0.3) is 0 Å². The van der Waals surface area contributed by atoms with Crippen LogP contribution in [0.5, 0.6) is 0 Å². The SMILES string of the molecule is CCc1ccccc1C(C(=O)O)(c1ccccc1)c1ccccc1.P. The number of benzene rings is 3. The fraction of sp³-hybridized carbons (Fsp3) is 0.136. The van der Waals surface area contributed by atoms with Crippen molar-refractivity contribution in [2.24, 2.45) is 0 Å². The number of hydrogen-bond acceptors (Lipinski definition) is 1. The van der Waals surface area contributed by atoms with E-state index in [1.807, 2.05) is 84.9 Å². The minimum Gasteiger partial charge on any atom is -0.480 e. The average Bonchev–Trinajstić information content (AvgIpc) is 2.64. The summed E-state index contributed by atoms with van der Waals surface area (Å²) >= 11 is 0. The first-order chi connectivity index (χ1) is 11.7. The van der Waals surface area contributed by atoms with Crippen molar-refractivity contribution in [1.29, 1.82) is 0 Å². The normalized spacial score (nSPS) is 10.8. The molecule has 0 saturated carbocycles. The number of carboxylic acids is 1. The Balaban J connectivity index is 0.00000225. The van der Waals surface area contributed by atoms with Crippen LogP contribution in [-0.2, 0) is 16.6 Å². The summed E-state index contributed by atoms with van der Waals surface area (Å²) in [6, 6.07) is 26.8. The molecule has 0 fully saturated rings. The lowest BCUT2D eigenvalue weighted by molar-refractivity contribution is -0.140. The van der Waals surface area contributed by atoms with Gasteiger partial charge in [-0.2, -0.15) is 9.90 Å². The number of carboxylic acid groups (broad SMARTS) is 1. The highest BCUT2D eigenvalue weighted by Crippen LogP contribution is 2.41. The summed E-state index contributed by atoms with van der Waals surface area (Å²) in [6.45, 7) is 2.06. The first kappa shape index (κ1) is 18.9. The lowest BCUT2D eigenvalue weighted by Gasteiger charge is -2.33. The summed E-state index contributed by atoms with van der Waals surface area (Å²) in [4.78, 5) is 12.7. The molecule has 0 aliphatic heterocycles. The van der Waals surface area contributed by atoms with Crippen molar-refractivity contribution in [3.63, 3.8) is 0 Å². The van der Waals surface area contributed by atoms with E-state index in [1.54, 1.807) is 0 Å². The Morgan fingerprint density at radius 2 is 1.24 bits per heavy atom. The molecule has 1 N–H and O–H groups in total. The molecule has 0 spiro atoms. The molecule has 0 amide bonds. The van der Waals surface area contributed by atoms with Crippen LogP contribution < -0.4 is 0 Å². The van der Waals surface area contributed by atoms with Crippen LogP contribution in [0.25, 0.3) is 0 Å². The Bertz CT molecular complexity index is 789. The number of hydrogen-bond donors (Lipinski definition) is 1. The van der Waals surface area contributed by atoms with Crippen molar-refractivity contribution in [3.8, 4) is 0 Å². The summed E-state index contributed by atoms with van der Waals surface area (Å²) in [6.07, 6.45) is 0.783. The number of carbonyl (C=O) groups is 1. The highest BCUT2D eigenvalue weighted by Gasteiger charge is 2.45. The molecule has 0 saturated heterocycles. The number of aryl methyl sites for hydroxylation is 1. The molecule has 3 aromatic rings. The van der Waals surface area contributed by atoms with Gasteiger partial charge in [-0.1, -0.05) is 91.9 Å². The molecule has 3 heteroatoms. The largest absolute Gasteiger partial charge is 0.480 e. The summed E-state index contributed by atoms with van der Waals surface area (Å²) in [5, 5.41) is 10.4. The van der Waals surface area contributed by atoms with Gasteiger partial charge in [0.15, 0.2) is 0 Å². The van der Waals surface area contributed by atoms with Gasteiger partial charge in [-0.15, -0.1) is 0 Å². The quantitative estimate of drug-likeness (QED) is 0.534. The van der Waals surface area contributed by atoms with E-state index in [9.17, 15) is 9.90 Å². The summed E-state index contributed by atoms with van der Waals surface area (Å²) in [5.74, 6) is -0.860. The van der Waals surface area contributed by atoms with Crippen LogP contribution in [0.3, 0.4) is 0 Å². The molecule has 0 aliphatic carbocycles. The number of rotatable bonds is 5. The second-order valence-corrected chi connectivity index (χ2v) is 5.80. The summed E-state index contributed by atoms with van der Waals surface area (Å²) < 4.78 is 0. The maximum Gasteiger partial charge on any atom is 0.323 e. The molecular weight excluding hydrogens is 327 g/mol. The number of aliphatic carboxylic acids is 1. The van der Waals surface area contributed by atoms with Crippen LogP contribution in [-0.4, -0.2) is 11.1 Å². The Morgan fingerprint density at radius 1 is 0.800 bits per heavy atom. The molecule has 128 valence electrons. The molecular formula is C22H23O2P. The van der Waals surface area contributed by atoms with Crippen LogP contribution in [0.15, 0.2) is 84.9 Å². The first-order valence-electron chi connectivity index (χ1n) is 8.14. The summed E-state index contributed by atoms with van der Waals surface area (Å²) in [7, 11) is 0. The van der Waals surface area contributed by atoms with E-state index >= 15 is 0 Å². The van der Waals surface area contributed by atoms with Crippen LogP contribution in [0.1, 0.15) is 29.2 Å². The first-order valence-corrected chi connectivity index (χ1v) is 8.14. The van der Waals surface area contributed by atoms with E-state index in [0.717, 1.165) is 28.7 Å². The molecule has 1 atom stereocenters. The van der Waals surface area contributed by atoms with Gasteiger partial charge in [-0.3, -0.25) is 4.79 Å². The Labute approximate surface area is 152 Å². The minimum absolute atomic E-state index is 0. The lowest BCUT2D eigenvalue weighted by Crippen LogP contribution is -2.39. The highest BCUT2D eigenvalue weighted by molar-refractivity contribution is 6.92.